The maximum absolute atomic E-state index is 11.1. The van der Waals surface area contributed by atoms with Gasteiger partial charge in [0, 0.05) is 19.1 Å². The van der Waals surface area contributed by atoms with Crippen LogP contribution in [0.25, 0.3) is 0 Å². The maximum atomic E-state index is 11.1. The van der Waals surface area contributed by atoms with Crippen molar-refractivity contribution in [3.8, 4) is 0 Å². The van der Waals surface area contributed by atoms with Gasteiger partial charge in [0.1, 0.15) is 0 Å². The second kappa shape index (κ2) is 5.14. The Hall–Kier alpha value is -0.950. The molecule has 4 N–H and O–H groups in total. The zero-order valence-corrected chi connectivity index (χ0v) is 10.3. The molecular formula is C11H17N3O2S. The van der Waals surface area contributed by atoms with Gasteiger partial charge in [-0.3, -0.25) is 0 Å². The highest BCUT2D eigenvalue weighted by Gasteiger charge is 2.13. The summed E-state index contributed by atoms with van der Waals surface area (Å²) in [5, 5.41) is 11.7. The lowest BCUT2D eigenvalue weighted by molar-refractivity contribution is 0.547. The maximum Gasteiger partial charge on any atom is 0.238 e. The molecular weight excluding hydrogens is 238 g/mol. The van der Waals surface area contributed by atoms with Crippen LogP contribution in [0.15, 0.2) is 29.2 Å². The van der Waals surface area contributed by atoms with Gasteiger partial charge in [0.25, 0.3) is 0 Å². The standard InChI is InChI=1S/C11H17N3O2S/c12-17(15,16)11-3-1-9(2-4-11)7-14-10-5-6-13-8-10/h1-4,10,13-14H,5-8H2,(H2,12,15,16). The van der Waals surface area contributed by atoms with Crippen LogP contribution in [0.2, 0.25) is 0 Å². The third kappa shape index (κ3) is 3.50. The Balaban J connectivity index is 1.94. The number of nitrogens with two attached hydrogens (primary N) is 1. The monoisotopic (exact) mass is 255 g/mol. The van der Waals surface area contributed by atoms with E-state index in [-0.39, 0.29) is 4.90 Å². The van der Waals surface area contributed by atoms with Crippen molar-refractivity contribution in [3.63, 3.8) is 0 Å². The van der Waals surface area contributed by atoms with Crippen LogP contribution in [-0.2, 0) is 16.6 Å². The SMILES string of the molecule is NS(=O)(=O)c1ccc(CNC2CCNC2)cc1. The molecule has 0 spiro atoms. The van der Waals surface area contributed by atoms with E-state index < -0.39 is 10.0 Å². The highest BCUT2D eigenvalue weighted by Crippen LogP contribution is 2.09. The van der Waals surface area contributed by atoms with Crippen molar-refractivity contribution >= 4 is 10.0 Å². The molecule has 0 bridgehead atoms. The number of hydrogen-bond acceptors (Lipinski definition) is 4. The highest BCUT2D eigenvalue weighted by molar-refractivity contribution is 7.89. The van der Waals surface area contributed by atoms with Crippen LogP contribution in [0.1, 0.15) is 12.0 Å². The number of hydrogen-bond donors (Lipinski definition) is 3. The lowest BCUT2D eigenvalue weighted by Crippen LogP contribution is -2.30. The Morgan fingerprint density at radius 3 is 2.59 bits per heavy atom. The molecule has 17 heavy (non-hydrogen) atoms. The van der Waals surface area contributed by atoms with Crippen molar-refractivity contribution in [1.82, 2.24) is 10.6 Å². The van der Waals surface area contributed by atoms with E-state index in [9.17, 15) is 8.42 Å². The van der Waals surface area contributed by atoms with Gasteiger partial charge in [-0.15, -0.1) is 0 Å². The fourth-order valence-electron chi connectivity index (χ4n) is 1.89. The fraction of sp³-hybridized carbons (Fsp3) is 0.455. The summed E-state index contributed by atoms with van der Waals surface area (Å²) in [6.45, 7) is 2.80. The molecule has 0 aromatic heterocycles. The molecule has 0 saturated carbocycles. The molecule has 0 amide bonds. The van der Waals surface area contributed by atoms with E-state index in [2.05, 4.69) is 10.6 Å². The summed E-state index contributed by atoms with van der Waals surface area (Å²) in [6.07, 6.45) is 1.13. The van der Waals surface area contributed by atoms with Crippen LogP contribution in [0.4, 0.5) is 0 Å². The molecule has 2 rings (SSSR count). The Labute approximate surface area is 101 Å². The minimum atomic E-state index is -3.58. The van der Waals surface area contributed by atoms with Crippen LogP contribution in [0, 0.1) is 0 Å². The van der Waals surface area contributed by atoms with E-state index >= 15 is 0 Å². The van der Waals surface area contributed by atoms with E-state index in [1.54, 1.807) is 24.3 Å². The zero-order valence-electron chi connectivity index (χ0n) is 9.52. The smallest absolute Gasteiger partial charge is 0.238 e. The molecule has 0 radical (unpaired) electrons. The molecule has 1 aliphatic rings. The van der Waals surface area contributed by atoms with Crippen molar-refractivity contribution in [1.29, 1.82) is 0 Å². The van der Waals surface area contributed by atoms with Gasteiger partial charge in [0.05, 0.1) is 4.90 Å². The predicted molar refractivity (Wildman–Crippen MR) is 65.9 cm³/mol. The Bertz CT molecular complexity index is 464. The van der Waals surface area contributed by atoms with Crippen molar-refractivity contribution < 1.29 is 8.42 Å². The van der Waals surface area contributed by atoms with Crippen LogP contribution in [0.3, 0.4) is 0 Å². The number of rotatable bonds is 4. The van der Waals surface area contributed by atoms with Gasteiger partial charge in [-0.25, -0.2) is 13.6 Å². The van der Waals surface area contributed by atoms with Gasteiger partial charge in [0.15, 0.2) is 0 Å². The second-order valence-electron chi connectivity index (χ2n) is 4.26. The Kier molecular flexibility index (Phi) is 3.78. The minimum Gasteiger partial charge on any atom is -0.315 e. The molecule has 1 atom stereocenters. The van der Waals surface area contributed by atoms with Gasteiger partial charge in [-0.2, -0.15) is 0 Å². The summed E-state index contributed by atoms with van der Waals surface area (Å²) in [6, 6.07) is 7.16. The molecule has 6 heteroatoms. The van der Waals surface area contributed by atoms with E-state index in [4.69, 9.17) is 5.14 Å². The summed E-state index contributed by atoms with van der Waals surface area (Å²) >= 11 is 0. The fourth-order valence-corrected chi connectivity index (χ4v) is 2.40. The summed E-state index contributed by atoms with van der Waals surface area (Å²) in [5.41, 5.74) is 1.06. The van der Waals surface area contributed by atoms with E-state index in [1.807, 2.05) is 0 Å². The van der Waals surface area contributed by atoms with Gasteiger partial charge in [-0.1, -0.05) is 12.1 Å². The average molecular weight is 255 g/mol. The first kappa shape index (κ1) is 12.5. The molecule has 1 aromatic rings. The molecule has 0 aliphatic carbocycles. The van der Waals surface area contributed by atoms with E-state index in [0.29, 0.717) is 6.04 Å². The number of sulfonamides is 1. The first-order valence-electron chi connectivity index (χ1n) is 5.61. The predicted octanol–water partition coefficient (Wildman–Crippen LogP) is -0.215. The van der Waals surface area contributed by atoms with Gasteiger partial charge in [0.2, 0.25) is 10.0 Å². The number of primary sulfonamides is 1. The van der Waals surface area contributed by atoms with Crippen molar-refractivity contribution in [3.05, 3.63) is 29.8 Å². The van der Waals surface area contributed by atoms with E-state index in [1.165, 1.54) is 0 Å². The second-order valence-corrected chi connectivity index (χ2v) is 5.82. The lowest BCUT2D eigenvalue weighted by Gasteiger charge is -2.11. The molecule has 5 nitrogen and oxygen atoms in total. The van der Waals surface area contributed by atoms with Crippen molar-refractivity contribution in [2.24, 2.45) is 5.14 Å². The molecule has 94 valence electrons. The summed E-state index contributed by atoms with van der Waals surface area (Å²) in [5.74, 6) is 0. The summed E-state index contributed by atoms with van der Waals surface area (Å²) in [7, 11) is -3.58. The molecule has 1 heterocycles. The van der Waals surface area contributed by atoms with Crippen LogP contribution in [-0.4, -0.2) is 27.5 Å². The zero-order chi connectivity index (χ0) is 12.3. The molecule has 1 aromatic carbocycles. The van der Waals surface area contributed by atoms with Crippen molar-refractivity contribution in [2.45, 2.75) is 23.9 Å². The topological polar surface area (TPSA) is 84.2 Å². The van der Waals surface area contributed by atoms with Gasteiger partial charge >= 0.3 is 0 Å². The molecule has 1 aliphatic heterocycles. The van der Waals surface area contributed by atoms with Gasteiger partial charge in [-0.05, 0) is 30.7 Å². The summed E-state index contributed by atoms with van der Waals surface area (Å²) < 4.78 is 22.1. The van der Waals surface area contributed by atoms with E-state index in [0.717, 1.165) is 31.6 Å². The van der Waals surface area contributed by atoms with Crippen LogP contribution < -0.4 is 15.8 Å². The summed E-state index contributed by atoms with van der Waals surface area (Å²) in [4.78, 5) is 0.156. The average Bonchev–Trinajstić information content (AvgIpc) is 2.78. The quantitative estimate of drug-likeness (QED) is 0.695. The highest BCUT2D eigenvalue weighted by atomic mass is 32.2. The first-order chi connectivity index (χ1) is 8.05. The third-order valence-electron chi connectivity index (χ3n) is 2.91. The van der Waals surface area contributed by atoms with Crippen LogP contribution >= 0.6 is 0 Å². The number of benzene rings is 1. The first-order valence-corrected chi connectivity index (χ1v) is 7.16. The Morgan fingerprint density at radius 1 is 1.35 bits per heavy atom. The third-order valence-corrected chi connectivity index (χ3v) is 3.84. The molecule has 1 saturated heterocycles. The van der Waals surface area contributed by atoms with Crippen LogP contribution in [0.5, 0.6) is 0 Å². The molecule has 1 fully saturated rings. The van der Waals surface area contributed by atoms with Gasteiger partial charge < -0.3 is 10.6 Å². The largest absolute Gasteiger partial charge is 0.315 e. The normalized spacial score (nSPS) is 20.6. The lowest BCUT2D eigenvalue weighted by atomic mass is 10.2. The minimum absolute atomic E-state index is 0.156. The number of nitrogens with one attached hydrogen (secondary N) is 2. The Morgan fingerprint density at radius 2 is 2.06 bits per heavy atom. The van der Waals surface area contributed by atoms with Crippen molar-refractivity contribution in [2.75, 3.05) is 13.1 Å². The molecule has 1 unspecified atom stereocenters.